The summed E-state index contributed by atoms with van der Waals surface area (Å²) in [5.74, 6) is 0.550. The number of hydrogen-bond acceptors (Lipinski definition) is 8. The number of hydrogen-bond donors (Lipinski definition) is 2. The van der Waals surface area contributed by atoms with Crippen LogP contribution in [0.4, 0.5) is 0 Å². The molecule has 6 unspecified atom stereocenters. The Kier molecular flexibility index (Phi) is 5.74. The zero-order valence-electron chi connectivity index (χ0n) is 31.9. The number of aromatic amines is 1. The number of nitrogens with one attached hydrogen (secondary N) is 1. The topological polar surface area (TPSA) is 115 Å². The Morgan fingerprint density at radius 1 is 0.765 bits per heavy atom. The van der Waals surface area contributed by atoms with Crippen molar-refractivity contribution in [3.63, 3.8) is 0 Å². The van der Waals surface area contributed by atoms with Gasteiger partial charge in [-0.25, -0.2) is 0 Å². The molecule has 1 aromatic heterocycles. The molecule has 6 heterocycles. The highest BCUT2D eigenvalue weighted by molar-refractivity contribution is 6.06. The van der Waals surface area contributed by atoms with Gasteiger partial charge in [-0.05, 0) is 123 Å². The second kappa shape index (κ2) is 8.98. The third kappa shape index (κ3) is 3.50. The maximum absolute atomic E-state index is 14.3. The molecule has 0 amide bonds. The van der Waals surface area contributed by atoms with Crippen LogP contribution in [0.1, 0.15) is 122 Å². The minimum Gasteiger partial charge on any atom is -0.386 e. The molecular formula is C42H55NO8. The van der Waals surface area contributed by atoms with Gasteiger partial charge in [0.05, 0.1) is 34.4 Å². The van der Waals surface area contributed by atoms with E-state index in [1.54, 1.807) is 0 Å². The van der Waals surface area contributed by atoms with E-state index >= 15 is 0 Å². The maximum Gasteiger partial charge on any atom is 0.187 e. The van der Waals surface area contributed by atoms with Crippen molar-refractivity contribution in [1.29, 1.82) is 0 Å². The lowest BCUT2D eigenvalue weighted by molar-refractivity contribution is -0.356. The van der Waals surface area contributed by atoms with Crippen LogP contribution in [0.3, 0.4) is 0 Å². The number of benzene rings is 1. The Morgan fingerprint density at radius 2 is 1.49 bits per heavy atom. The van der Waals surface area contributed by atoms with Gasteiger partial charge in [-0.3, -0.25) is 4.79 Å². The Hall–Kier alpha value is -1.85. The Labute approximate surface area is 300 Å². The summed E-state index contributed by atoms with van der Waals surface area (Å²) in [5, 5.41) is 14.7. The summed E-state index contributed by atoms with van der Waals surface area (Å²) in [7, 11) is 0. The molecule has 0 radical (unpaired) electrons. The predicted octanol–water partition coefficient (Wildman–Crippen LogP) is 6.08. The number of ketones is 1. The number of fused-ring (bicyclic) bond motifs is 12. The van der Waals surface area contributed by atoms with Crippen molar-refractivity contribution >= 4 is 16.7 Å². The molecule has 2 aromatic rings. The molecule has 9 aliphatic rings. The molecule has 9 heteroatoms. The minimum atomic E-state index is -1.13. The van der Waals surface area contributed by atoms with Gasteiger partial charge in [0.2, 0.25) is 0 Å². The number of aliphatic hydroxyl groups is 1. The fourth-order valence-electron chi connectivity index (χ4n) is 14.1. The van der Waals surface area contributed by atoms with E-state index in [-0.39, 0.29) is 59.2 Å². The van der Waals surface area contributed by atoms with E-state index in [2.05, 4.69) is 86.4 Å². The lowest BCUT2D eigenvalue weighted by Gasteiger charge is -2.66. The molecule has 1 spiro atoms. The third-order valence-electron chi connectivity index (χ3n) is 16.7. The van der Waals surface area contributed by atoms with Crippen LogP contribution in [-0.4, -0.2) is 86.3 Å². The normalized spacial score (nSPS) is 51.3. The lowest BCUT2D eigenvalue weighted by atomic mass is 9.40. The standard InChI is InChI=1S/C42H55NO8/c1-35(2)23-18-21-20(28(44)27(23)36(3,4)51-35)11-12-24-26(21)22-17-19-13-16-41(45)39(9,40(19,10)30(22)43-24)15-14-25-42(41)32(49-42)29-31(46-25)37(5,6)50-34(47-29)33-38(7,8)48-33/h11-12,19,23,25,27,29,31-34,43,45H,13-18H2,1-10H3/t19-,23+,25?,27-,29?,31-,32?,33?,34?,39+,40+,41-,42?/m0/s1. The second-order valence-corrected chi connectivity index (χ2v) is 20.5. The van der Waals surface area contributed by atoms with Gasteiger partial charge in [0, 0.05) is 38.9 Å². The molecule has 0 bridgehead atoms. The van der Waals surface area contributed by atoms with Crippen LogP contribution >= 0.6 is 0 Å². The summed E-state index contributed by atoms with van der Waals surface area (Å²) >= 11 is 0. The van der Waals surface area contributed by atoms with Crippen LogP contribution in [0, 0.1) is 23.2 Å². The predicted molar refractivity (Wildman–Crippen MR) is 188 cm³/mol. The highest BCUT2D eigenvalue weighted by Crippen LogP contribution is 2.75. The van der Waals surface area contributed by atoms with E-state index in [0.29, 0.717) is 12.3 Å². The lowest BCUT2D eigenvalue weighted by Crippen LogP contribution is -2.77. The van der Waals surface area contributed by atoms with E-state index in [1.165, 1.54) is 22.2 Å². The van der Waals surface area contributed by atoms with E-state index in [4.69, 9.17) is 28.4 Å². The van der Waals surface area contributed by atoms with Crippen LogP contribution in [0.2, 0.25) is 0 Å². The number of epoxide rings is 2. The SMILES string of the molecule is CC1(C)OC1C1OC2C3OC34C(CC[C@]3(C)[C@@]5(C)c6[nH]c7ccc8c(c7c6C[C@@H]5CC[C@@]43O)C[C@@H]3[C@@H](C8=O)C(C)(C)OC3(C)C)O[C@@H]2C(C)(C)O1. The van der Waals surface area contributed by atoms with Crippen molar-refractivity contribution in [3.8, 4) is 0 Å². The molecule has 5 saturated heterocycles. The number of H-pyrrole nitrogens is 1. The number of rotatable bonds is 1. The number of ether oxygens (including phenoxy) is 6. The van der Waals surface area contributed by atoms with Gasteiger partial charge in [-0.2, -0.15) is 0 Å². The Balaban J connectivity index is 0.995. The van der Waals surface area contributed by atoms with Gasteiger partial charge < -0.3 is 38.5 Å². The molecule has 276 valence electrons. The van der Waals surface area contributed by atoms with Crippen LogP contribution in [0.25, 0.3) is 10.9 Å². The van der Waals surface area contributed by atoms with Gasteiger partial charge in [0.15, 0.2) is 17.7 Å². The van der Waals surface area contributed by atoms with Crippen molar-refractivity contribution < 1.29 is 38.3 Å². The molecule has 2 saturated carbocycles. The van der Waals surface area contributed by atoms with Gasteiger partial charge in [0.25, 0.3) is 0 Å². The molecular weight excluding hydrogens is 646 g/mol. The van der Waals surface area contributed by atoms with Gasteiger partial charge in [-0.1, -0.05) is 13.8 Å². The quantitative estimate of drug-likeness (QED) is 0.344. The van der Waals surface area contributed by atoms with Crippen molar-refractivity contribution in [3.05, 3.63) is 34.5 Å². The highest BCUT2D eigenvalue weighted by atomic mass is 16.8. The Bertz CT molecular complexity index is 1940. The third-order valence-corrected chi connectivity index (χ3v) is 16.7. The molecule has 7 fully saturated rings. The second-order valence-electron chi connectivity index (χ2n) is 20.5. The summed E-state index contributed by atoms with van der Waals surface area (Å²) in [6, 6.07) is 4.19. The number of carbonyl (C=O) groups excluding carboxylic acids is 1. The smallest absolute Gasteiger partial charge is 0.187 e. The molecule has 51 heavy (non-hydrogen) atoms. The van der Waals surface area contributed by atoms with Gasteiger partial charge in [-0.15, -0.1) is 0 Å². The zero-order valence-corrected chi connectivity index (χ0v) is 31.9. The monoisotopic (exact) mass is 701 g/mol. The van der Waals surface area contributed by atoms with Crippen molar-refractivity contribution in [1.82, 2.24) is 4.98 Å². The van der Waals surface area contributed by atoms with Crippen LogP contribution in [0.5, 0.6) is 0 Å². The first-order valence-corrected chi connectivity index (χ1v) is 19.7. The first kappa shape index (κ1) is 32.6. The molecule has 2 N–H and O–H groups in total. The minimum absolute atomic E-state index is 0.119. The first-order chi connectivity index (χ1) is 23.7. The van der Waals surface area contributed by atoms with Crippen LogP contribution < -0.4 is 0 Å². The summed E-state index contributed by atoms with van der Waals surface area (Å²) in [4.78, 5) is 18.3. The fourth-order valence-corrected chi connectivity index (χ4v) is 14.1. The van der Waals surface area contributed by atoms with Crippen LogP contribution in [-0.2, 0) is 46.7 Å². The van der Waals surface area contributed by atoms with Crippen molar-refractivity contribution in [2.24, 2.45) is 23.2 Å². The van der Waals surface area contributed by atoms with E-state index in [0.717, 1.165) is 43.2 Å². The van der Waals surface area contributed by atoms with E-state index < -0.39 is 39.7 Å². The first-order valence-electron chi connectivity index (χ1n) is 19.7. The molecule has 5 aliphatic heterocycles. The molecule has 1 aromatic carbocycles. The highest BCUT2D eigenvalue weighted by Gasteiger charge is 2.87. The maximum atomic E-state index is 14.3. The number of carbonyl (C=O) groups is 1. The van der Waals surface area contributed by atoms with Gasteiger partial charge in [0.1, 0.15) is 30.0 Å². The summed E-state index contributed by atoms with van der Waals surface area (Å²) in [6.45, 7) is 21.5. The molecule has 4 aliphatic carbocycles. The van der Waals surface area contributed by atoms with Gasteiger partial charge >= 0.3 is 0 Å². The average Bonchev–Trinajstić information content (AvgIpc) is 3.83. The van der Waals surface area contributed by atoms with Crippen molar-refractivity contribution in [2.75, 3.05) is 0 Å². The van der Waals surface area contributed by atoms with E-state index in [1.807, 2.05) is 0 Å². The summed E-state index contributed by atoms with van der Waals surface area (Å²) in [5.41, 5.74) is 1.15. The molecule has 13 atom stereocenters. The largest absolute Gasteiger partial charge is 0.386 e. The van der Waals surface area contributed by atoms with Crippen molar-refractivity contribution in [2.45, 2.75) is 184 Å². The summed E-state index contributed by atoms with van der Waals surface area (Å²) in [6.07, 6.45) is 3.08. The Morgan fingerprint density at radius 3 is 2.22 bits per heavy atom. The average molecular weight is 702 g/mol. The number of aromatic nitrogens is 1. The zero-order chi connectivity index (χ0) is 35.8. The summed E-state index contributed by atoms with van der Waals surface area (Å²) < 4.78 is 39.7. The fraction of sp³-hybridized carbons (Fsp3) is 0.786. The van der Waals surface area contributed by atoms with E-state index in [9.17, 15) is 9.90 Å². The molecule has 11 rings (SSSR count). The number of Topliss-reactive ketones (excluding diaryl/α,β-unsaturated/α-hetero) is 1. The molecule has 9 nitrogen and oxygen atoms in total. The van der Waals surface area contributed by atoms with Crippen LogP contribution in [0.15, 0.2) is 12.1 Å².